The molecule has 3 heteroatoms. The Hall–Kier alpha value is -1.06. The van der Waals surface area contributed by atoms with Crippen LogP contribution in [-0.2, 0) is 6.42 Å². The Morgan fingerprint density at radius 1 is 1.06 bits per heavy atom. The van der Waals surface area contributed by atoms with Crippen molar-refractivity contribution in [1.82, 2.24) is 9.80 Å². The number of rotatable bonds is 8. The van der Waals surface area contributed by atoms with Crippen molar-refractivity contribution in [2.75, 3.05) is 47.9 Å². The predicted molar refractivity (Wildman–Crippen MR) is 77.4 cm³/mol. The van der Waals surface area contributed by atoms with Gasteiger partial charge in [-0.3, -0.25) is 0 Å². The van der Waals surface area contributed by atoms with Crippen LogP contribution >= 0.6 is 0 Å². The van der Waals surface area contributed by atoms with E-state index in [-0.39, 0.29) is 0 Å². The number of hydrogen-bond donors (Lipinski definition) is 0. The van der Waals surface area contributed by atoms with E-state index in [1.807, 2.05) is 40.3 Å². The molecule has 1 aromatic carbocycles. The van der Waals surface area contributed by atoms with Crippen LogP contribution in [0.2, 0.25) is 0 Å². The molecular weight excluding hydrogens is 224 g/mol. The van der Waals surface area contributed by atoms with E-state index < -0.39 is 0 Å². The third-order valence-electron chi connectivity index (χ3n) is 2.62. The van der Waals surface area contributed by atoms with Gasteiger partial charge in [0.15, 0.2) is 0 Å². The van der Waals surface area contributed by atoms with Crippen molar-refractivity contribution in [2.24, 2.45) is 0 Å². The minimum absolute atomic E-state index is 0.316. The second kappa shape index (κ2) is 8.11. The highest BCUT2D eigenvalue weighted by Crippen LogP contribution is 2.13. The Morgan fingerprint density at radius 3 is 2.22 bits per heavy atom. The van der Waals surface area contributed by atoms with Gasteiger partial charge < -0.3 is 14.5 Å². The Labute approximate surface area is 114 Å². The summed E-state index contributed by atoms with van der Waals surface area (Å²) in [6, 6.07) is 4.25. The lowest BCUT2D eigenvalue weighted by molar-refractivity contribution is 0.281. The lowest BCUT2D eigenvalue weighted by Gasteiger charge is -2.11. The minimum atomic E-state index is 0.316. The van der Waals surface area contributed by atoms with Gasteiger partial charge >= 0.3 is 0 Å². The highest BCUT2D eigenvalue weighted by molar-refractivity contribution is 5.27. The van der Waals surface area contributed by atoms with Crippen LogP contribution in [0.4, 0.5) is 0 Å². The number of ether oxygens (including phenoxy) is 1. The fraction of sp³-hybridized carbons (Fsp3) is 0.600. The maximum absolute atomic E-state index is 7.99. The first-order valence-electron chi connectivity index (χ1n) is 7.42. The van der Waals surface area contributed by atoms with Crippen LogP contribution < -0.4 is 4.74 Å². The first-order chi connectivity index (χ1) is 9.40. The molecule has 0 aliphatic rings. The largest absolute Gasteiger partial charge is 0.494 e. The van der Waals surface area contributed by atoms with Crippen molar-refractivity contribution in [2.45, 2.75) is 12.8 Å². The van der Waals surface area contributed by atoms with Crippen molar-refractivity contribution >= 4 is 0 Å². The number of hydrogen-bond acceptors (Lipinski definition) is 3. The molecule has 0 spiro atoms. The molecule has 0 amide bonds. The molecule has 1 aromatic rings. The van der Waals surface area contributed by atoms with Crippen molar-refractivity contribution < 1.29 is 7.48 Å². The number of nitrogens with zero attached hydrogens (tertiary/aromatic N) is 2. The summed E-state index contributed by atoms with van der Waals surface area (Å²) >= 11 is 0. The maximum Gasteiger partial charge on any atom is 0.119 e. The lowest BCUT2D eigenvalue weighted by atomic mass is 10.1. The van der Waals surface area contributed by atoms with Gasteiger partial charge in [0.05, 0.1) is 9.35 Å². The first-order valence-corrected chi connectivity index (χ1v) is 6.42. The molecule has 0 heterocycles. The molecular formula is C15H26N2O. The van der Waals surface area contributed by atoms with E-state index in [2.05, 4.69) is 9.80 Å². The molecule has 18 heavy (non-hydrogen) atoms. The molecule has 0 atom stereocenters. The molecule has 0 radical (unpaired) electrons. The van der Waals surface area contributed by atoms with Crippen LogP contribution in [0.15, 0.2) is 24.2 Å². The van der Waals surface area contributed by atoms with Gasteiger partial charge in [-0.25, -0.2) is 0 Å². The van der Waals surface area contributed by atoms with Crippen molar-refractivity contribution in [1.29, 1.82) is 0 Å². The second-order valence-corrected chi connectivity index (χ2v) is 5.04. The average Bonchev–Trinajstić information content (AvgIpc) is 2.34. The lowest BCUT2D eigenvalue weighted by Crippen LogP contribution is -2.15. The van der Waals surface area contributed by atoms with Crippen LogP contribution in [0.3, 0.4) is 0 Å². The monoisotopic (exact) mass is 252 g/mol. The van der Waals surface area contributed by atoms with Crippen LogP contribution in [-0.4, -0.2) is 57.7 Å². The highest BCUT2D eigenvalue weighted by Gasteiger charge is 1.97. The standard InChI is InChI=1S/C15H26N2O/c1-16(2)11-5-13-18-15-8-6-14(7-9-15)10-12-17(3)4/h6-9H,5,10-13H2,1-4H3/i8D,9D. The molecule has 0 bridgehead atoms. The molecule has 0 aromatic heterocycles. The molecule has 0 saturated heterocycles. The van der Waals surface area contributed by atoms with Crippen molar-refractivity contribution in [3.63, 3.8) is 0 Å². The van der Waals surface area contributed by atoms with Gasteiger partial charge in [-0.05, 0) is 58.7 Å². The smallest absolute Gasteiger partial charge is 0.119 e. The Morgan fingerprint density at radius 2 is 1.67 bits per heavy atom. The zero-order chi connectivity index (χ0) is 15.1. The molecule has 0 aliphatic carbocycles. The van der Waals surface area contributed by atoms with Gasteiger partial charge in [0.25, 0.3) is 0 Å². The normalized spacial score (nSPS) is 12.8. The second-order valence-electron chi connectivity index (χ2n) is 5.04. The molecule has 1 rings (SSSR count). The molecule has 3 nitrogen and oxygen atoms in total. The van der Waals surface area contributed by atoms with E-state index in [0.717, 1.165) is 31.5 Å². The van der Waals surface area contributed by atoms with Crippen LogP contribution in [0.5, 0.6) is 5.75 Å². The summed E-state index contributed by atoms with van der Waals surface area (Å²) in [5.74, 6) is 0.400. The van der Waals surface area contributed by atoms with Crippen LogP contribution in [0, 0.1) is 0 Å². The Bertz CT molecular complexity index is 399. The van der Waals surface area contributed by atoms with Gasteiger partial charge in [0, 0.05) is 13.1 Å². The van der Waals surface area contributed by atoms with E-state index in [0.29, 0.717) is 24.4 Å². The Kier molecular flexibility index (Phi) is 5.41. The van der Waals surface area contributed by atoms with E-state index in [9.17, 15) is 0 Å². The van der Waals surface area contributed by atoms with E-state index >= 15 is 0 Å². The topological polar surface area (TPSA) is 15.7 Å². The zero-order valence-electron chi connectivity index (χ0n) is 14.0. The fourth-order valence-corrected chi connectivity index (χ4v) is 1.54. The van der Waals surface area contributed by atoms with E-state index in [4.69, 9.17) is 7.48 Å². The SMILES string of the molecule is [2H]c1cc(CCN(C)C)cc([2H])c1OCCCN(C)C. The molecule has 0 aliphatic heterocycles. The quantitative estimate of drug-likeness (QED) is 0.659. The third-order valence-corrected chi connectivity index (χ3v) is 2.62. The van der Waals surface area contributed by atoms with Gasteiger partial charge in [0.2, 0.25) is 0 Å². The van der Waals surface area contributed by atoms with E-state index in [1.54, 1.807) is 0 Å². The molecule has 102 valence electrons. The van der Waals surface area contributed by atoms with Crippen LogP contribution in [0.1, 0.15) is 14.7 Å². The summed E-state index contributed by atoms with van der Waals surface area (Å²) in [7, 11) is 8.08. The number of benzene rings is 1. The summed E-state index contributed by atoms with van der Waals surface area (Å²) in [5, 5.41) is 0. The van der Waals surface area contributed by atoms with Crippen molar-refractivity contribution in [3.05, 3.63) is 29.8 Å². The van der Waals surface area contributed by atoms with Gasteiger partial charge in [-0.15, -0.1) is 0 Å². The van der Waals surface area contributed by atoms with Gasteiger partial charge in [-0.1, -0.05) is 12.1 Å². The molecule has 0 unspecified atom stereocenters. The molecule has 0 fully saturated rings. The predicted octanol–water partition coefficient (Wildman–Crippen LogP) is 2.12. The minimum Gasteiger partial charge on any atom is -0.494 e. The number of likely N-dealkylation sites (N-methyl/N-ethyl adjacent to an activating group) is 1. The van der Waals surface area contributed by atoms with Crippen LogP contribution in [0.25, 0.3) is 0 Å². The van der Waals surface area contributed by atoms with E-state index in [1.165, 1.54) is 0 Å². The third kappa shape index (κ3) is 6.62. The summed E-state index contributed by atoms with van der Waals surface area (Å²) in [4.78, 5) is 4.19. The highest BCUT2D eigenvalue weighted by atomic mass is 16.5. The Balaban J connectivity index is 2.59. The summed E-state index contributed by atoms with van der Waals surface area (Å²) in [6.07, 6.45) is 1.75. The van der Waals surface area contributed by atoms with Gasteiger partial charge in [-0.2, -0.15) is 0 Å². The molecule has 0 N–H and O–H groups in total. The summed E-state index contributed by atoms with van der Waals surface area (Å²) in [6.45, 7) is 2.41. The molecule has 0 saturated carbocycles. The first kappa shape index (κ1) is 12.0. The summed E-state index contributed by atoms with van der Waals surface area (Å²) < 4.78 is 21.6. The maximum atomic E-state index is 7.99. The average molecular weight is 252 g/mol. The zero-order valence-corrected chi connectivity index (χ0v) is 12.0. The van der Waals surface area contributed by atoms with Gasteiger partial charge in [0.1, 0.15) is 5.75 Å². The van der Waals surface area contributed by atoms with Crippen molar-refractivity contribution in [3.8, 4) is 5.75 Å². The fourth-order valence-electron chi connectivity index (χ4n) is 1.54. The summed E-state index contributed by atoms with van der Waals surface area (Å²) in [5.41, 5.74) is 1.02.